The Kier molecular flexibility index (Phi) is 2.98. The third kappa shape index (κ3) is 2.10. The molecule has 0 bridgehead atoms. The van der Waals surface area contributed by atoms with Crippen LogP contribution in [0.2, 0.25) is 0 Å². The van der Waals surface area contributed by atoms with Gasteiger partial charge in [0.2, 0.25) is 0 Å². The first-order valence-electron chi connectivity index (χ1n) is 6.07. The standard InChI is InChI=1S/C14H14N2O2S/c1-16-6-5-9-7-10(3-4-11(9)16)13-15-8-12(19-13)14(17)18-2/h3-4,7-8H,5-6H2,1-2H3. The van der Waals surface area contributed by atoms with Crippen molar-refractivity contribution >= 4 is 23.0 Å². The number of aromatic nitrogens is 1. The number of nitrogens with zero attached hydrogens (tertiary/aromatic N) is 2. The second-order valence-corrected chi connectivity index (χ2v) is 5.57. The molecule has 1 aromatic carbocycles. The van der Waals surface area contributed by atoms with Crippen molar-refractivity contribution in [2.45, 2.75) is 6.42 Å². The molecule has 0 radical (unpaired) electrons. The van der Waals surface area contributed by atoms with Crippen LogP contribution in [0.1, 0.15) is 15.2 Å². The lowest BCUT2D eigenvalue weighted by Gasteiger charge is -2.11. The van der Waals surface area contributed by atoms with Gasteiger partial charge in [-0.25, -0.2) is 9.78 Å². The SMILES string of the molecule is COC(=O)c1cnc(-c2ccc3c(c2)CCN3C)s1. The number of rotatable bonds is 2. The molecule has 0 saturated heterocycles. The van der Waals surface area contributed by atoms with Gasteiger partial charge >= 0.3 is 5.97 Å². The zero-order valence-electron chi connectivity index (χ0n) is 10.8. The molecular formula is C14H14N2O2S. The lowest BCUT2D eigenvalue weighted by atomic mass is 10.1. The smallest absolute Gasteiger partial charge is 0.349 e. The Bertz CT molecular complexity index is 636. The Morgan fingerprint density at radius 1 is 1.47 bits per heavy atom. The van der Waals surface area contributed by atoms with E-state index in [1.807, 2.05) is 0 Å². The number of carbonyl (C=O) groups is 1. The summed E-state index contributed by atoms with van der Waals surface area (Å²) in [6.07, 6.45) is 2.64. The molecular weight excluding hydrogens is 260 g/mol. The van der Waals surface area contributed by atoms with E-state index in [1.54, 1.807) is 6.20 Å². The molecule has 1 aliphatic heterocycles. The normalized spacial score (nSPS) is 13.5. The maximum Gasteiger partial charge on any atom is 0.349 e. The summed E-state index contributed by atoms with van der Waals surface area (Å²) < 4.78 is 4.70. The molecule has 0 amide bonds. The number of benzene rings is 1. The maximum atomic E-state index is 11.4. The molecule has 0 N–H and O–H groups in total. The van der Waals surface area contributed by atoms with Crippen LogP contribution in [0.25, 0.3) is 10.6 Å². The highest BCUT2D eigenvalue weighted by atomic mass is 32.1. The maximum absolute atomic E-state index is 11.4. The van der Waals surface area contributed by atoms with Crippen LogP contribution < -0.4 is 4.90 Å². The van der Waals surface area contributed by atoms with E-state index in [0.717, 1.165) is 23.5 Å². The van der Waals surface area contributed by atoms with Gasteiger partial charge in [-0.2, -0.15) is 0 Å². The minimum atomic E-state index is -0.329. The molecule has 3 rings (SSSR count). The van der Waals surface area contributed by atoms with Crippen LogP contribution in [-0.2, 0) is 11.2 Å². The lowest BCUT2D eigenvalue weighted by molar-refractivity contribution is 0.0606. The van der Waals surface area contributed by atoms with E-state index in [0.29, 0.717) is 4.88 Å². The minimum Gasteiger partial charge on any atom is -0.465 e. The van der Waals surface area contributed by atoms with Gasteiger partial charge in [0.05, 0.1) is 13.3 Å². The van der Waals surface area contributed by atoms with Crippen molar-refractivity contribution in [3.63, 3.8) is 0 Å². The monoisotopic (exact) mass is 274 g/mol. The summed E-state index contributed by atoms with van der Waals surface area (Å²) in [5.41, 5.74) is 3.69. The average Bonchev–Trinajstić information content (AvgIpc) is 3.05. The molecule has 5 heteroatoms. The Hall–Kier alpha value is -1.88. The minimum absolute atomic E-state index is 0.329. The first-order chi connectivity index (χ1) is 9.19. The number of esters is 1. The molecule has 2 aromatic rings. The second-order valence-electron chi connectivity index (χ2n) is 4.54. The first kappa shape index (κ1) is 12.2. The van der Waals surface area contributed by atoms with Crippen LogP contribution in [0.4, 0.5) is 5.69 Å². The highest BCUT2D eigenvalue weighted by molar-refractivity contribution is 7.16. The van der Waals surface area contributed by atoms with Gasteiger partial charge in [-0.15, -0.1) is 11.3 Å². The van der Waals surface area contributed by atoms with Crippen LogP contribution >= 0.6 is 11.3 Å². The van der Waals surface area contributed by atoms with E-state index in [4.69, 9.17) is 4.74 Å². The number of likely N-dealkylation sites (N-methyl/N-ethyl adjacent to an activating group) is 1. The summed E-state index contributed by atoms with van der Waals surface area (Å²) in [6.45, 7) is 1.06. The van der Waals surface area contributed by atoms with Gasteiger partial charge in [0.15, 0.2) is 0 Å². The number of thiazole rings is 1. The molecule has 4 nitrogen and oxygen atoms in total. The number of hydrogen-bond acceptors (Lipinski definition) is 5. The molecule has 0 fully saturated rings. The summed E-state index contributed by atoms with van der Waals surface area (Å²) in [5, 5.41) is 0.859. The molecule has 0 unspecified atom stereocenters. The van der Waals surface area contributed by atoms with Crippen LogP contribution in [0, 0.1) is 0 Å². The van der Waals surface area contributed by atoms with Crippen molar-refractivity contribution in [3.05, 3.63) is 34.8 Å². The highest BCUT2D eigenvalue weighted by Gasteiger charge is 2.17. The van der Waals surface area contributed by atoms with Crippen molar-refractivity contribution in [2.24, 2.45) is 0 Å². The fourth-order valence-corrected chi connectivity index (χ4v) is 3.13. The molecule has 19 heavy (non-hydrogen) atoms. The van der Waals surface area contributed by atoms with Crippen molar-refractivity contribution in [1.82, 2.24) is 4.98 Å². The van der Waals surface area contributed by atoms with E-state index >= 15 is 0 Å². The Morgan fingerprint density at radius 2 is 2.32 bits per heavy atom. The fourth-order valence-electron chi connectivity index (χ4n) is 2.30. The van der Waals surface area contributed by atoms with Crippen molar-refractivity contribution < 1.29 is 9.53 Å². The van der Waals surface area contributed by atoms with Crippen LogP contribution in [-0.4, -0.2) is 31.7 Å². The van der Waals surface area contributed by atoms with Crippen LogP contribution in [0.3, 0.4) is 0 Å². The van der Waals surface area contributed by atoms with Crippen molar-refractivity contribution in [3.8, 4) is 10.6 Å². The first-order valence-corrected chi connectivity index (χ1v) is 6.89. The summed E-state index contributed by atoms with van der Waals surface area (Å²) in [4.78, 5) is 18.5. The summed E-state index contributed by atoms with van der Waals surface area (Å²) in [7, 11) is 3.48. The lowest BCUT2D eigenvalue weighted by Crippen LogP contribution is -2.12. The van der Waals surface area contributed by atoms with Crippen molar-refractivity contribution in [2.75, 3.05) is 25.6 Å². The van der Waals surface area contributed by atoms with E-state index in [1.165, 1.54) is 29.7 Å². The number of anilines is 1. The molecule has 1 aliphatic rings. The zero-order chi connectivity index (χ0) is 13.4. The Balaban J connectivity index is 1.95. The van der Waals surface area contributed by atoms with E-state index < -0.39 is 0 Å². The number of hydrogen-bond donors (Lipinski definition) is 0. The van der Waals surface area contributed by atoms with E-state index in [-0.39, 0.29) is 5.97 Å². The van der Waals surface area contributed by atoms with Gasteiger partial charge in [0.25, 0.3) is 0 Å². The number of methoxy groups -OCH3 is 1. The second kappa shape index (κ2) is 4.66. The summed E-state index contributed by atoms with van der Waals surface area (Å²) >= 11 is 1.37. The molecule has 1 aromatic heterocycles. The van der Waals surface area contributed by atoms with Gasteiger partial charge in [0.1, 0.15) is 9.88 Å². The van der Waals surface area contributed by atoms with Gasteiger partial charge in [0, 0.05) is 24.8 Å². The van der Waals surface area contributed by atoms with Crippen LogP contribution in [0.5, 0.6) is 0 Å². The van der Waals surface area contributed by atoms with Gasteiger partial charge in [-0.1, -0.05) is 0 Å². The van der Waals surface area contributed by atoms with E-state index in [9.17, 15) is 4.79 Å². The summed E-state index contributed by atoms with van der Waals surface area (Å²) in [5.74, 6) is -0.329. The fraction of sp³-hybridized carbons (Fsp3) is 0.286. The molecule has 0 atom stereocenters. The molecule has 2 heterocycles. The van der Waals surface area contributed by atoms with Gasteiger partial charge in [-0.3, -0.25) is 0 Å². The highest BCUT2D eigenvalue weighted by Crippen LogP contribution is 2.33. The predicted octanol–water partition coefficient (Wildman–Crippen LogP) is 2.59. The molecule has 0 saturated carbocycles. The predicted molar refractivity (Wildman–Crippen MR) is 75.9 cm³/mol. The van der Waals surface area contributed by atoms with Gasteiger partial charge in [-0.05, 0) is 30.2 Å². The van der Waals surface area contributed by atoms with Crippen LogP contribution in [0.15, 0.2) is 24.4 Å². The summed E-state index contributed by atoms with van der Waals surface area (Å²) in [6, 6.07) is 6.34. The Labute approximate surface area is 115 Å². The number of carbonyl (C=O) groups excluding carboxylic acids is 1. The molecule has 0 spiro atoms. The average molecular weight is 274 g/mol. The van der Waals surface area contributed by atoms with E-state index in [2.05, 4.69) is 35.1 Å². The zero-order valence-corrected chi connectivity index (χ0v) is 11.7. The largest absolute Gasteiger partial charge is 0.465 e. The third-order valence-electron chi connectivity index (χ3n) is 3.35. The third-order valence-corrected chi connectivity index (χ3v) is 4.37. The molecule has 98 valence electrons. The Morgan fingerprint density at radius 3 is 3.11 bits per heavy atom. The number of fused-ring (bicyclic) bond motifs is 1. The topological polar surface area (TPSA) is 42.4 Å². The molecule has 0 aliphatic carbocycles. The van der Waals surface area contributed by atoms with Crippen molar-refractivity contribution in [1.29, 1.82) is 0 Å². The number of ether oxygens (including phenoxy) is 1. The quantitative estimate of drug-likeness (QED) is 0.789. The van der Waals surface area contributed by atoms with Gasteiger partial charge < -0.3 is 9.64 Å².